The van der Waals surface area contributed by atoms with Crippen molar-refractivity contribution >= 4 is 15.8 Å². The zero-order valence-electron chi connectivity index (χ0n) is 20.6. The summed E-state index contributed by atoms with van der Waals surface area (Å²) in [5.41, 5.74) is 1.28. The van der Waals surface area contributed by atoms with Gasteiger partial charge in [-0.15, -0.1) is 5.92 Å². The molecule has 0 saturated carbocycles. The molecule has 12 heteroatoms. The summed E-state index contributed by atoms with van der Waals surface area (Å²) in [6.07, 6.45) is 2.88. The van der Waals surface area contributed by atoms with Crippen LogP contribution in [0.5, 0.6) is 23.1 Å². The van der Waals surface area contributed by atoms with E-state index in [4.69, 9.17) is 14.2 Å². The Hall–Kier alpha value is -4.73. The Bertz CT molecular complexity index is 1590. The number of aliphatic hydroxyl groups excluding tert-OH is 1. The average Bonchev–Trinajstić information content (AvgIpc) is 2.91. The van der Waals surface area contributed by atoms with E-state index in [0.29, 0.717) is 11.3 Å². The fourth-order valence-electron chi connectivity index (χ4n) is 3.17. The lowest BCUT2D eigenvalue weighted by molar-refractivity contribution is 0.0275. The number of nitrogens with zero attached hydrogens (tertiary/aromatic N) is 4. The Kier molecular flexibility index (Phi) is 8.00. The second-order valence-electron chi connectivity index (χ2n) is 7.66. The minimum absolute atomic E-state index is 0.0704. The van der Waals surface area contributed by atoms with Gasteiger partial charge in [-0.25, -0.2) is 9.97 Å². The monoisotopic (exact) mass is 533 g/mol. The van der Waals surface area contributed by atoms with Crippen LogP contribution in [0.2, 0.25) is 0 Å². The van der Waals surface area contributed by atoms with Crippen molar-refractivity contribution in [1.82, 2.24) is 19.9 Å². The van der Waals surface area contributed by atoms with Crippen LogP contribution in [0, 0.1) is 18.8 Å². The number of hydrogen-bond donors (Lipinski definition) is 2. The van der Waals surface area contributed by atoms with E-state index in [1.54, 1.807) is 49.4 Å². The molecular formula is C26H23N5O6S. The number of methoxy groups -OCH3 is 1. The fraction of sp³-hybridized carbons (Fsp3) is 0.154. The number of para-hydroxylation sites is 2. The van der Waals surface area contributed by atoms with Crippen LogP contribution in [0.1, 0.15) is 12.5 Å². The second-order valence-corrected chi connectivity index (χ2v) is 9.29. The molecule has 4 rings (SSSR count). The Morgan fingerprint density at radius 2 is 1.76 bits per heavy atom. The summed E-state index contributed by atoms with van der Waals surface area (Å²) < 4.78 is 46.0. The Morgan fingerprint density at radius 1 is 1.03 bits per heavy atom. The van der Waals surface area contributed by atoms with Gasteiger partial charge in [0.25, 0.3) is 22.2 Å². The van der Waals surface area contributed by atoms with Crippen molar-refractivity contribution in [2.24, 2.45) is 0 Å². The van der Waals surface area contributed by atoms with Gasteiger partial charge in [0.15, 0.2) is 28.2 Å². The van der Waals surface area contributed by atoms with Crippen molar-refractivity contribution in [3.63, 3.8) is 0 Å². The van der Waals surface area contributed by atoms with E-state index in [-0.39, 0.29) is 34.0 Å². The lowest BCUT2D eigenvalue weighted by Gasteiger charge is -2.18. The number of aromatic nitrogens is 4. The molecular weight excluding hydrogens is 510 g/mol. The van der Waals surface area contributed by atoms with Crippen molar-refractivity contribution < 1.29 is 27.7 Å². The molecule has 11 nitrogen and oxygen atoms in total. The normalized spacial score (nSPS) is 11.6. The zero-order valence-corrected chi connectivity index (χ0v) is 21.4. The van der Waals surface area contributed by atoms with Gasteiger partial charge in [-0.1, -0.05) is 18.2 Å². The number of nitrogens with one attached hydrogen (secondary N) is 1. The van der Waals surface area contributed by atoms with Gasteiger partial charge in [0.05, 0.1) is 7.11 Å². The van der Waals surface area contributed by atoms with E-state index < -0.39 is 16.3 Å². The number of rotatable bonds is 9. The summed E-state index contributed by atoms with van der Waals surface area (Å²) >= 11 is 0. The highest BCUT2D eigenvalue weighted by Gasteiger charge is 2.26. The predicted octanol–water partition coefficient (Wildman–Crippen LogP) is 3.56. The van der Waals surface area contributed by atoms with Crippen LogP contribution < -0.4 is 18.9 Å². The molecule has 1 aromatic carbocycles. The van der Waals surface area contributed by atoms with Gasteiger partial charge in [-0.2, -0.15) is 13.4 Å². The first-order valence-electron chi connectivity index (χ1n) is 11.2. The van der Waals surface area contributed by atoms with Gasteiger partial charge >= 0.3 is 0 Å². The molecule has 0 saturated heterocycles. The molecule has 0 aliphatic heterocycles. The highest BCUT2D eigenvalue weighted by molar-refractivity contribution is 7.92. The maximum absolute atomic E-state index is 13.3. The molecule has 1 atom stereocenters. The lowest BCUT2D eigenvalue weighted by atomic mass is 10.2. The minimum Gasteiger partial charge on any atom is -0.493 e. The van der Waals surface area contributed by atoms with Gasteiger partial charge in [0.2, 0.25) is 5.75 Å². The van der Waals surface area contributed by atoms with E-state index in [1.165, 1.54) is 38.7 Å². The molecule has 194 valence electrons. The Labute approximate surface area is 219 Å². The maximum atomic E-state index is 13.3. The maximum Gasteiger partial charge on any atom is 0.280 e. The highest BCUT2D eigenvalue weighted by Crippen LogP contribution is 2.41. The first kappa shape index (κ1) is 26.3. The van der Waals surface area contributed by atoms with E-state index >= 15 is 0 Å². The molecule has 4 aromatic rings. The van der Waals surface area contributed by atoms with Crippen LogP contribution in [-0.4, -0.2) is 46.9 Å². The van der Waals surface area contributed by atoms with E-state index in [2.05, 4.69) is 36.5 Å². The smallest absolute Gasteiger partial charge is 0.280 e. The number of sulfonamides is 1. The number of anilines is 1. The standard InChI is InChI=1S/C26H23N5O6S/c1-4-7-22(32)37-26-23(36-20-9-6-5-8-19(20)35-3)25(29-24(30-26)18-12-14-27-15-13-18)31-38(33,34)21-11-10-17(2)16-28-21/h5-6,8-16,22,32H,1-3H3,(H,29,30,31). The molecule has 0 bridgehead atoms. The van der Waals surface area contributed by atoms with Crippen LogP contribution in [0.3, 0.4) is 0 Å². The van der Waals surface area contributed by atoms with E-state index in [9.17, 15) is 13.5 Å². The summed E-state index contributed by atoms with van der Waals surface area (Å²) in [5, 5.41) is 10.0. The van der Waals surface area contributed by atoms with Gasteiger partial charge in [0, 0.05) is 24.2 Å². The van der Waals surface area contributed by atoms with Gasteiger partial charge in [0.1, 0.15) is 0 Å². The fourth-order valence-corrected chi connectivity index (χ4v) is 4.10. The molecule has 0 radical (unpaired) electrons. The summed E-state index contributed by atoms with van der Waals surface area (Å²) in [7, 11) is -2.78. The third kappa shape index (κ3) is 6.15. The molecule has 0 fully saturated rings. The van der Waals surface area contributed by atoms with Gasteiger partial charge in [-0.3, -0.25) is 9.71 Å². The molecule has 3 aromatic heterocycles. The molecule has 3 heterocycles. The number of hydrogen-bond acceptors (Lipinski definition) is 10. The van der Waals surface area contributed by atoms with E-state index in [1.807, 2.05) is 0 Å². The number of ether oxygens (including phenoxy) is 3. The van der Waals surface area contributed by atoms with Crippen LogP contribution in [0.25, 0.3) is 11.4 Å². The number of benzene rings is 1. The first-order valence-corrected chi connectivity index (χ1v) is 12.6. The van der Waals surface area contributed by atoms with Crippen LogP contribution in [-0.2, 0) is 10.0 Å². The second kappa shape index (κ2) is 11.5. The average molecular weight is 534 g/mol. The van der Waals surface area contributed by atoms with Crippen molar-refractivity contribution in [1.29, 1.82) is 0 Å². The Balaban J connectivity index is 1.92. The summed E-state index contributed by atoms with van der Waals surface area (Å²) in [6, 6.07) is 12.9. The lowest BCUT2D eigenvalue weighted by Crippen LogP contribution is -2.19. The van der Waals surface area contributed by atoms with Gasteiger partial charge < -0.3 is 19.3 Å². The molecule has 0 aliphatic rings. The van der Waals surface area contributed by atoms with Crippen molar-refractivity contribution in [3.8, 4) is 46.4 Å². The third-order valence-electron chi connectivity index (χ3n) is 4.94. The van der Waals surface area contributed by atoms with Crippen molar-refractivity contribution in [2.75, 3.05) is 11.8 Å². The van der Waals surface area contributed by atoms with Crippen LogP contribution in [0.4, 0.5) is 5.82 Å². The third-order valence-corrected chi connectivity index (χ3v) is 6.19. The van der Waals surface area contributed by atoms with E-state index in [0.717, 1.165) is 5.56 Å². The summed E-state index contributed by atoms with van der Waals surface area (Å²) in [5.74, 6) is 4.84. The molecule has 0 spiro atoms. The highest BCUT2D eigenvalue weighted by atomic mass is 32.2. The zero-order chi connectivity index (χ0) is 27.1. The molecule has 0 amide bonds. The molecule has 1 unspecified atom stereocenters. The molecule has 38 heavy (non-hydrogen) atoms. The van der Waals surface area contributed by atoms with Crippen molar-refractivity contribution in [3.05, 3.63) is 72.7 Å². The summed E-state index contributed by atoms with van der Waals surface area (Å²) in [6.45, 7) is 3.31. The number of pyridine rings is 2. The Morgan fingerprint density at radius 3 is 2.42 bits per heavy atom. The summed E-state index contributed by atoms with van der Waals surface area (Å²) in [4.78, 5) is 16.8. The van der Waals surface area contributed by atoms with Gasteiger partial charge in [-0.05, 0) is 55.7 Å². The van der Waals surface area contributed by atoms with Crippen LogP contribution in [0.15, 0.2) is 72.1 Å². The topological polar surface area (TPSA) is 146 Å². The van der Waals surface area contributed by atoms with Crippen molar-refractivity contribution in [2.45, 2.75) is 25.2 Å². The quantitative estimate of drug-likeness (QED) is 0.242. The largest absolute Gasteiger partial charge is 0.493 e. The SMILES string of the molecule is CC#CC(O)Oc1nc(-c2ccncc2)nc(NS(=O)(=O)c2ccc(C)cn2)c1Oc1ccccc1OC. The number of aryl methyl sites for hydroxylation is 1. The number of aliphatic hydroxyl groups is 1. The molecule has 0 aliphatic carbocycles. The first-order chi connectivity index (χ1) is 18.3. The molecule has 2 N–H and O–H groups in total. The van der Waals surface area contributed by atoms with Crippen LogP contribution >= 0.6 is 0 Å². The minimum atomic E-state index is -4.24. The predicted molar refractivity (Wildman–Crippen MR) is 138 cm³/mol.